The highest BCUT2D eigenvalue weighted by molar-refractivity contribution is 7.91. The van der Waals surface area contributed by atoms with Crippen LogP contribution < -0.4 is 15.0 Å². The lowest BCUT2D eigenvalue weighted by Crippen LogP contribution is -2.44. The van der Waals surface area contributed by atoms with Gasteiger partial charge in [0.25, 0.3) is 10.0 Å². The Morgan fingerprint density at radius 1 is 1.20 bits per heavy atom. The van der Waals surface area contributed by atoms with Crippen molar-refractivity contribution in [2.24, 2.45) is 5.92 Å². The quantitative estimate of drug-likeness (QED) is 0.685. The van der Waals surface area contributed by atoms with Gasteiger partial charge in [0.05, 0.1) is 22.3 Å². The molecule has 140 valence electrons. The molecule has 2 N–H and O–H groups in total. The number of ether oxygens (including phenoxy) is 1. The van der Waals surface area contributed by atoms with Crippen LogP contribution in [-0.4, -0.2) is 40.6 Å². The van der Waals surface area contributed by atoms with Crippen molar-refractivity contribution in [2.45, 2.75) is 17.7 Å². The molecular formula is C12H13F3N2O6S2. The first-order valence-electron chi connectivity index (χ1n) is 6.76. The molecule has 0 spiro atoms. The molecule has 1 fully saturated rings. The first-order chi connectivity index (χ1) is 11.4. The largest absolute Gasteiger partial charge is 0.573 e. The highest BCUT2D eigenvalue weighted by atomic mass is 32.2. The van der Waals surface area contributed by atoms with Crippen LogP contribution in [0.5, 0.6) is 5.75 Å². The van der Waals surface area contributed by atoms with Crippen molar-refractivity contribution < 1.29 is 39.5 Å². The molecule has 1 aliphatic heterocycles. The Hall–Kier alpha value is -1.86. The monoisotopic (exact) mass is 402 g/mol. The summed E-state index contributed by atoms with van der Waals surface area (Å²) < 4.78 is 86.3. The minimum absolute atomic E-state index is 0.0827. The van der Waals surface area contributed by atoms with Crippen molar-refractivity contribution in [3.05, 3.63) is 24.3 Å². The number of hydrogen-bond donors (Lipinski definition) is 2. The normalized spacial score (nSPS) is 20.2. The summed E-state index contributed by atoms with van der Waals surface area (Å²) in [6.07, 6.45) is -4.83. The summed E-state index contributed by atoms with van der Waals surface area (Å²) in [4.78, 5) is 13.1. The number of hydrogen-bond acceptors (Lipinski definition) is 6. The Morgan fingerprint density at radius 2 is 1.80 bits per heavy atom. The van der Waals surface area contributed by atoms with E-state index in [1.54, 1.807) is 4.83 Å². The summed E-state index contributed by atoms with van der Waals surface area (Å²) in [7, 11) is -7.55. The number of rotatable bonds is 5. The third kappa shape index (κ3) is 5.57. The standard InChI is InChI=1S/C12H13F3N2O6S2/c13-12(14,15)23-9-1-3-10(4-2-9)25(21,22)17-16-11(18)8-5-6-24(19,20)7-8/h1-4,8,17H,5-7H2,(H,16,18)/t8-/m1/s1. The van der Waals surface area contributed by atoms with Crippen molar-refractivity contribution in [3.63, 3.8) is 0 Å². The molecule has 0 radical (unpaired) electrons. The first-order valence-corrected chi connectivity index (χ1v) is 10.1. The lowest BCUT2D eigenvalue weighted by Gasteiger charge is -2.12. The first kappa shape index (κ1) is 19.5. The zero-order chi connectivity index (χ0) is 18.9. The van der Waals surface area contributed by atoms with Gasteiger partial charge in [-0.2, -0.15) is 0 Å². The molecule has 1 aromatic rings. The lowest BCUT2D eigenvalue weighted by molar-refractivity contribution is -0.274. The SMILES string of the molecule is O=C(NNS(=O)(=O)c1ccc(OC(F)(F)F)cc1)[C@@H]1CCS(=O)(=O)C1. The fourth-order valence-electron chi connectivity index (χ4n) is 2.10. The zero-order valence-electron chi connectivity index (χ0n) is 12.4. The predicted octanol–water partition coefficient (Wildman–Crippen LogP) is 0.329. The smallest absolute Gasteiger partial charge is 0.406 e. The van der Waals surface area contributed by atoms with E-state index >= 15 is 0 Å². The van der Waals surface area contributed by atoms with Crippen LogP contribution >= 0.6 is 0 Å². The maximum atomic E-state index is 12.0. The number of sulfonamides is 1. The maximum absolute atomic E-state index is 12.0. The predicted molar refractivity (Wildman–Crippen MR) is 78.4 cm³/mol. The molecule has 8 nitrogen and oxygen atoms in total. The van der Waals surface area contributed by atoms with Gasteiger partial charge in [-0.1, -0.05) is 0 Å². The van der Waals surface area contributed by atoms with E-state index in [2.05, 4.69) is 4.74 Å². The van der Waals surface area contributed by atoms with Crippen molar-refractivity contribution >= 4 is 25.8 Å². The third-order valence-corrected chi connectivity index (χ3v) is 6.31. The van der Waals surface area contributed by atoms with Crippen molar-refractivity contribution in [1.29, 1.82) is 0 Å². The van der Waals surface area contributed by atoms with E-state index < -0.39 is 48.7 Å². The summed E-state index contributed by atoms with van der Waals surface area (Å²) in [5, 5.41) is 0. The summed E-state index contributed by atoms with van der Waals surface area (Å²) >= 11 is 0. The number of hydrazine groups is 1. The Labute approximate surface area is 141 Å². The fourth-order valence-corrected chi connectivity index (χ4v) is 4.69. The van der Waals surface area contributed by atoms with E-state index in [1.165, 1.54) is 0 Å². The highest BCUT2D eigenvalue weighted by Crippen LogP contribution is 2.24. The van der Waals surface area contributed by atoms with Crippen LogP contribution in [0.1, 0.15) is 6.42 Å². The van der Waals surface area contributed by atoms with Crippen LogP contribution in [0.25, 0.3) is 0 Å². The second-order valence-corrected chi connectivity index (χ2v) is 9.13. The Morgan fingerprint density at radius 3 is 2.28 bits per heavy atom. The molecule has 1 atom stereocenters. The number of carbonyl (C=O) groups is 1. The van der Waals surface area contributed by atoms with Gasteiger partial charge in [-0.25, -0.2) is 16.8 Å². The van der Waals surface area contributed by atoms with E-state index in [9.17, 15) is 34.8 Å². The molecule has 13 heteroatoms. The van der Waals surface area contributed by atoms with Crippen LogP contribution in [0.2, 0.25) is 0 Å². The van der Waals surface area contributed by atoms with Crippen molar-refractivity contribution in [1.82, 2.24) is 10.3 Å². The van der Waals surface area contributed by atoms with Crippen LogP contribution in [-0.2, 0) is 24.7 Å². The second-order valence-electron chi connectivity index (χ2n) is 5.21. The summed E-state index contributed by atoms with van der Waals surface area (Å²) in [6, 6.07) is 3.31. The molecule has 0 unspecified atom stereocenters. The zero-order valence-corrected chi connectivity index (χ0v) is 14.0. The molecule has 1 saturated heterocycles. The van der Waals surface area contributed by atoms with Gasteiger partial charge in [-0.15, -0.1) is 18.0 Å². The topological polar surface area (TPSA) is 119 Å². The molecular weight excluding hydrogens is 389 g/mol. The number of amides is 1. The molecule has 0 bridgehead atoms. The summed E-state index contributed by atoms with van der Waals surface area (Å²) in [5.41, 5.74) is 1.90. The van der Waals surface area contributed by atoms with Crippen molar-refractivity contribution in [3.8, 4) is 5.75 Å². The molecule has 2 rings (SSSR count). The summed E-state index contributed by atoms with van der Waals surface area (Å²) in [6.45, 7) is 0. The molecule has 1 aliphatic rings. The molecule has 0 aliphatic carbocycles. The summed E-state index contributed by atoms with van der Waals surface area (Å²) in [5.74, 6) is -2.80. The second kappa shape index (κ2) is 6.80. The number of nitrogens with one attached hydrogen (secondary N) is 2. The van der Waals surface area contributed by atoms with Crippen molar-refractivity contribution in [2.75, 3.05) is 11.5 Å². The van der Waals surface area contributed by atoms with Gasteiger partial charge < -0.3 is 4.74 Å². The van der Waals surface area contributed by atoms with Gasteiger partial charge >= 0.3 is 6.36 Å². The molecule has 25 heavy (non-hydrogen) atoms. The van der Waals surface area contributed by atoms with Crippen LogP contribution in [0.3, 0.4) is 0 Å². The van der Waals surface area contributed by atoms with Gasteiger partial charge in [0, 0.05) is 0 Å². The molecule has 1 aromatic carbocycles. The van der Waals surface area contributed by atoms with E-state index in [0.717, 1.165) is 24.3 Å². The molecule has 0 saturated carbocycles. The number of benzene rings is 1. The average molecular weight is 402 g/mol. The Bertz CT molecular complexity index is 850. The lowest BCUT2D eigenvalue weighted by atomic mass is 10.1. The number of alkyl halides is 3. The van der Waals surface area contributed by atoms with E-state index in [1.807, 2.05) is 5.43 Å². The minimum Gasteiger partial charge on any atom is -0.406 e. The van der Waals surface area contributed by atoms with E-state index in [4.69, 9.17) is 0 Å². The molecule has 1 heterocycles. The van der Waals surface area contributed by atoms with Gasteiger partial charge in [0.1, 0.15) is 5.75 Å². The Kier molecular flexibility index (Phi) is 5.30. The highest BCUT2D eigenvalue weighted by Gasteiger charge is 2.33. The van der Waals surface area contributed by atoms with E-state index in [-0.39, 0.29) is 17.9 Å². The van der Waals surface area contributed by atoms with Crippen LogP contribution in [0.4, 0.5) is 13.2 Å². The fraction of sp³-hybridized carbons (Fsp3) is 0.417. The minimum atomic E-state index is -4.91. The maximum Gasteiger partial charge on any atom is 0.573 e. The van der Waals surface area contributed by atoms with Crippen LogP contribution in [0, 0.1) is 5.92 Å². The molecule has 0 aromatic heterocycles. The number of halogens is 3. The van der Waals surface area contributed by atoms with Gasteiger partial charge in [-0.3, -0.25) is 10.2 Å². The van der Waals surface area contributed by atoms with Crippen LogP contribution in [0.15, 0.2) is 29.2 Å². The third-order valence-electron chi connectivity index (χ3n) is 3.28. The van der Waals surface area contributed by atoms with Gasteiger partial charge in [0.15, 0.2) is 9.84 Å². The van der Waals surface area contributed by atoms with E-state index in [0.29, 0.717) is 0 Å². The van der Waals surface area contributed by atoms with Gasteiger partial charge in [-0.05, 0) is 30.7 Å². The number of sulfone groups is 1. The number of carbonyl (C=O) groups excluding carboxylic acids is 1. The Balaban J connectivity index is 1.98. The average Bonchev–Trinajstić information content (AvgIpc) is 2.84. The van der Waals surface area contributed by atoms with Gasteiger partial charge in [0.2, 0.25) is 5.91 Å². The molecule has 1 amide bonds.